The Kier molecular flexibility index (Phi) is 7.11. The van der Waals surface area contributed by atoms with Crippen molar-refractivity contribution >= 4 is 23.2 Å². The third-order valence-electron chi connectivity index (χ3n) is 7.04. The molecule has 3 heterocycles. The normalized spacial score (nSPS) is 20.8. The molecule has 2 aromatic rings. The topological polar surface area (TPSA) is 77.5 Å². The lowest BCUT2D eigenvalue weighted by Crippen LogP contribution is -2.46. The van der Waals surface area contributed by atoms with Crippen LogP contribution in [0.5, 0.6) is 0 Å². The standard InChI is InChI=1S/C26H31N3O3S/c30-26(21-15-20-5-10-27-18-22(20)16-21)28-17-19-1-3-24(4-2-19)33(31)25-6-11-29(12-7-25)23-8-13-32-14-9-23/h1-5,10,15,18,23,25H,6-9,11-14,16-17H2,(H,28,30). The van der Waals surface area contributed by atoms with Crippen LogP contribution >= 0.6 is 0 Å². The van der Waals surface area contributed by atoms with E-state index < -0.39 is 11.2 Å². The first kappa shape index (κ1) is 22.6. The molecule has 2 aliphatic heterocycles. The van der Waals surface area contributed by atoms with E-state index in [9.17, 15) is 9.35 Å². The van der Waals surface area contributed by atoms with Crippen LogP contribution in [0.2, 0.25) is 0 Å². The zero-order valence-corrected chi connectivity index (χ0v) is 19.7. The van der Waals surface area contributed by atoms with E-state index in [1.54, 1.807) is 6.20 Å². The van der Waals surface area contributed by atoms with E-state index >= 15 is 0 Å². The Balaban J connectivity index is 1.10. The van der Waals surface area contributed by atoms with E-state index in [1.165, 1.54) is 0 Å². The maximum absolute atomic E-state index is 13.1. The molecule has 7 heteroatoms. The molecule has 2 saturated heterocycles. The summed E-state index contributed by atoms with van der Waals surface area (Å²) in [6.45, 7) is 4.25. The maximum atomic E-state index is 13.1. The summed E-state index contributed by atoms with van der Waals surface area (Å²) in [5.74, 6) is -0.0462. The number of benzene rings is 1. The quantitative estimate of drug-likeness (QED) is 0.664. The Labute approximate surface area is 198 Å². The first-order chi connectivity index (χ1) is 16.2. The Morgan fingerprint density at radius 1 is 1.12 bits per heavy atom. The molecular formula is C26H31N3O3S. The highest BCUT2D eigenvalue weighted by atomic mass is 32.2. The van der Waals surface area contributed by atoms with Crippen LogP contribution < -0.4 is 5.32 Å². The van der Waals surface area contributed by atoms with Gasteiger partial charge in [0.1, 0.15) is 5.25 Å². The van der Waals surface area contributed by atoms with Crippen molar-refractivity contribution in [2.45, 2.75) is 54.8 Å². The minimum absolute atomic E-state index is 0.0462. The SMILES string of the molecule is O=C(NCc1ccc([S+]([O-])C2CCN(C3CCOCC3)CC2)cc1)C1=Cc2ccncc2C1. The molecule has 2 fully saturated rings. The minimum Gasteiger partial charge on any atom is -0.611 e. The number of piperidine rings is 1. The summed E-state index contributed by atoms with van der Waals surface area (Å²) in [6, 6.07) is 10.4. The van der Waals surface area contributed by atoms with Gasteiger partial charge in [0.15, 0.2) is 4.90 Å². The van der Waals surface area contributed by atoms with Gasteiger partial charge in [-0.05, 0) is 65.0 Å². The number of fused-ring (bicyclic) bond motifs is 1. The molecule has 6 nitrogen and oxygen atoms in total. The molecular weight excluding hydrogens is 434 g/mol. The predicted molar refractivity (Wildman–Crippen MR) is 129 cm³/mol. The fraction of sp³-hybridized carbons (Fsp3) is 0.462. The van der Waals surface area contributed by atoms with Crippen LogP contribution in [0.15, 0.2) is 53.2 Å². The van der Waals surface area contributed by atoms with Gasteiger partial charge in [-0.2, -0.15) is 0 Å². The van der Waals surface area contributed by atoms with Gasteiger partial charge < -0.3 is 14.6 Å². The number of amides is 1. The second-order valence-corrected chi connectivity index (χ2v) is 10.9. The van der Waals surface area contributed by atoms with Crippen molar-refractivity contribution in [3.8, 4) is 0 Å². The molecule has 0 bridgehead atoms. The lowest BCUT2D eigenvalue weighted by molar-refractivity contribution is -0.117. The highest BCUT2D eigenvalue weighted by molar-refractivity contribution is 7.92. The van der Waals surface area contributed by atoms with Gasteiger partial charge in [-0.25, -0.2) is 0 Å². The molecule has 0 radical (unpaired) electrons. The third kappa shape index (κ3) is 5.32. The molecule has 33 heavy (non-hydrogen) atoms. The summed E-state index contributed by atoms with van der Waals surface area (Å²) in [6.07, 6.45) is 10.3. The molecule has 0 saturated carbocycles. The van der Waals surface area contributed by atoms with Crippen LogP contribution in [-0.2, 0) is 33.7 Å². The smallest absolute Gasteiger partial charge is 0.247 e. The zero-order chi connectivity index (χ0) is 22.6. The average Bonchev–Trinajstić information content (AvgIpc) is 3.32. The van der Waals surface area contributed by atoms with Crippen molar-refractivity contribution in [1.82, 2.24) is 15.2 Å². The second kappa shape index (κ2) is 10.4. The molecule has 3 aliphatic rings. The number of carbonyl (C=O) groups excluding carboxylic acids is 1. The van der Waals surface area contributed by atoms with Crippen LogP contribution in [0.25, 0.3) is 6.08 Å². The Bertz CT molecular complexity index is 996. The number of pyridine rings is 1. The van der Waals surface area contributed by atoms with Crippen LogP contribution in [0, 0.1) is 0 Å². The van der Waals surface area contributed by atoms with Gasteiger partial charge in [0.2, 0.25) is 5.91 Å². The molecule has 174 valence electrons. The fourth-order valence-electron chi connectivity index (χ4n) is 5.05. The van der Waals surface area contributed by atoms with Crippen LogP contribution in [-0.4, -0.2) is 57.9 Å². The lowest BCUT2D eigenvalue weighted by atomic mass is 10.0. The third-order valence-corrected chi connectivity index (χ3v) is 8.85. The summed E-state index contributed by atoms with van der Waals surface area (Å²) in [5.41, 5.74) is 3.94. The van der Waals surface area contributed by atoms with E-state index in [-0.39, 0.29) is 11.2 Å². The summed E-state index contributed by atoms with van der Waals surface area (Å²) < 4.78 is 18.6. The average molecular weight is 466 g/mol. The van der Waals surface area contributed by atoms with E-state index in [4.69, 9.17) is 4.74 Å². The minimum atomic E-state index is -0.989. The number of hydrogen-bond donors (Lipinski definition) is 1. The van der Waals surface area contributed by atoms with Gasteiger partial charge in [0.25, 0.3) is 0 Å². The Morgan fingerprint density at radius 2 is 1.88 bits per heavy atom. The zero-order valence-electron chi connectivity index (χ0n) is 18.9. The summed E-state index contributed by atoms with van der Waals surface area (Å²) >= 11 is -0.989. The largest absolute Gasteiger partial charge is 0.611 e. The molecule has 5 rings (SSSR count). The highest BCUT2D eigenvalue weighted by Gasteiger charge is 2.32. The van der Waals surface area contributed by atoms with Gasteiger partial charge in [0.05, 0.1) is 0 Å². The number of likely N-dealkylation sites (tertiary alicyclic amines) is 1. The Morgan fingerprint density at radius 3 is 2.61 bits per heavy atom. The van der Waals surface area contributed by atoms with Crippen LogP contribution in [0.1, 0.15) is 42.4 Å². The molecule has 1 unspecified atom stereocenters. The number of carbonyl (C=O) groups is 1. The maximum Gasteiger partial charge on any atom is 0.247 e. The number of aromatic nitrogens is 1. The first-order valence-corrected chi connectivity index (χ1v) is 13.1. The second-order valence-electron chi connectivity index (χ2n) is 9.12. The van der Waals surface area contributed by atoms with Gasteiger partial charge in [-0.15, -0.1) is 0 Å². The van der Waals surface area contributed by atoms with Gasteiger partial charge in [-0.3, -0.25) is 14.7 Å². The monoisotopic (exact) mass is 465 g/mol. The van der Waals surface area contributed by atoms with Crippen molar-refractivity contribution in [2.24, 2.45) is 0 Å². The van der Waals surface area contributed by atoms with Crippen LogP contribution in [0.4, 0.5) is 0 Å². The summed E-state index contributed by atoms with van der Waals surface area (Å²) in [5, 5.41) is 3.23. The van der Waals surface area contributed by atoms with Gasteiger partial charge in [0, 0.05) is 76.1 Å². The van der Waals surface area contributed by atoms with Crippen LogP contribution in [0.3, 0.4) is 0 Å². The number of hydrogen-bond acceptors (Lipinski definition) is 5. The fourth-order valence-corrected chi connectivity index (χ4v) is 6.48. The number of ether oxygens (including phenoxy) is 1. The summed E-state index contributed by atoms with van der Waals surface area (Å²) in [4.78, 5) is 20.1. The highest BCUT2D eigenvalue weighted by Crippen LogP contribution is 2.28. The van der Waals surface area contributed by atoms with E-state index in [1.807, 2.05) is 42.6 Å². The molecule has 1 aliphatic carbocycles. The molecule has 1 N–H and O–H groups in total. The predicted octanol–water partition coefficient (Wildman–Crippen LogP) is 3.09. The van der Waals surface area contributed by atoms with Crippen molar-refractivity contribution in [3.05, 3.63) is 65.0 Å². The van der Waals surface area contributed by atoms with Gasteiger partial charge in [-0.1, -0.05) is 12.1 Å². The van der Waals surface area contributed by atoms with Crippen molar-refractivity contribution in [3.63, 3.8) is 0 Å². The molecule has 1 amide bonds. The molecule has 1 aromatic heterocycles. The summed E-state index contributed by atoms with van der Waals surface area (Å²) in [7, 11) is 0. The van der Waals surface area contributed by atoms with E-state index in [0.717, 1.165) is 79.1 Å². The lowest BCUT2D eigenvalue weighted by Gasteiger charge is -2.39. The van der Waals surface area contributed by atoms with Crippen molar-refractivity contribution < 1.29 is 14.1 Å². The van der Waals surface area contributed by atoms with Gasteiger partial charge >= 0.3 is 0 Å². The molecule has 1 atom stereocenters. The number of nitrogens with one attached hydrogen (secondary N) is 1. The van der Waals surface area contributed by atoms with Crippen molar-refractivity contribution in [1.29, 1.82) is 0 Å². The van der Waals surface area contributed by atoms with Crippen molar-refractivity contribution in [2.75, 3.05) is 26.3 Å². The molecule has 1 aromatic carbocycles. The molecule has 0 spiro atoms. The number of nitrogens with zero attached hydrogens (tertiary/aromatic N) is 2. The van der Waals surface area contributed by atoms with E-state index in [0.29, 0.717) is 19.0 Å². The number of rotatable bonds is 6. The first-order valence-electron chi connectivity index (χ1n) is 11.9. The Hall–Kier alpha value is -2.19. The van der Waals surface area contributed by atoms with E-state index in [2.05, 4.69) is 15.2 Å².